The highest BCUT2D eigenvalue weighted by Gasteiger charge is 2.14. The average Bonchev–Trinajstić information content (AvgIpc) is 3.20. The maximum absolute atomic E-state index is 11.4. The maximum Gasteiger partial charge on any atom is 0.238 e. The Labute approximate surface area is 189 Å². The lowest BCUT2D eigenvalue weighted by Crippen LogP contribution is -2.44. The van der Waals surface area contributed by atoms with E-state index in [9.17, 15) is 8.42 Å². The van der Waals surface area contributed by atoms with E-state index in [4.69, 9.17) is 9.56 Å². The van der Waals surface area contributed by atoms with Crippen LogP contribution in [0.4, 0.5) is 0 Å². The van der Waals surface area contributed by atoms with Gasteiger partial charge in [-0.1, -0.05) is 31.4 Å². The number of nitrogens with zero attached hydrogens (tertiary/aromatic N) is 1. The number of benzene rings is 1. The molecule has 1 aliphatic rings. The Balaban J connectivity index is 0.00000300. The van der Waals surface area contributed by atoms with Crippen LogP contribution < -0.4 is 15.8 Å². The lowest BCUT2D eigenvalue weighted by molar-refractivity contribution is 0.409. The van der Waals surface area contributed by atoms with E-state index in [-0.39, 0.29) is 28.9 Å². The second-order valence-electron chi connectivity index (χ2n) is 7.09. The number of rotatable bonds is 7. The van der Waals surface area contributed by atoms with Gasteiger partial charge in [0.05, 0.1) is 17.7 Å². The fraction of sp³-hybridized carbons (Fsp3) is 0.450. The highest BCUT2D eigenvalue weighted by Crippen LogP contribution is 2.17. The summed E-state index contributed by atoms with van der Waals surface area (Å²) in [4.78, 5) is 4.79. The smallest absolute Gasteiger partial charge is 0.238 e. The van der Waals surface area contributed by atoms with Crippen LogP contribution in [0.25, 0.3) is 0 Å². The second kappa shape index (κ2) is 11.6. The zero-order valence-electron chi connectivity index (χ0n) is 16.3. The zero-order chi connectivity index (χ0) is 19.8. The number of nitrogens with one attached hydrogen (secondary N) is 2. The van der Waals surface area contributed by atoms with Gasteiger partial charge in [-0.25, -0.2) is 18.5 Å². The number of sulfonamides is 1. The van der Waals surface area contributed by atoms with Crippen molar-refractivity contribution in [2.24, 2.45) is 10.1 Å². The first-order chi connectivity index (χ1) is 13.5. The van der Waals surface area contributed by atoms with Crippen LogP contribution in [-0.2, 0) is 23.0 Å². The molecule has 1 saturated carbocycles. The molecule has 0 spiro atoms. The fourth-order valence-electron chi connectivity index (χ4n) is 3.31. The molecular formula is C20H29IN4O3S. The third kappa shape index (κ3) is 7.98. The summed E-state index contributed by atoms with van der Waals surface area (Å²) in [6.07, 6.45) is 8.55. The molecule has 2 aromatic rings. The van der Waals surface area contributed by atoms with Gasteiger partial charge in [-0.15, -0.1) is 24.0 Å². The number of primary sulfonamides is 1. The zero-order valence-corrected chi connectivity index (χ0v) is 19.5. The van der Waals surface area contributed by atoms with Crippen molar-refractivity contribution in [3.05, 3.63) is 54.0 Å². The Bertz CT molecular complexity index is 862. The van der Waals surface area contributed by atoms with Crippen LogP contribution in [0, 0.1) is 0 Å². The van der Waals surface area contributed by atoms with Gasteiger partial charge in [-0.2, -0.15) is 0 Å². The molecule has 1 aromatic heterocycles. The first kappa shape index (κ1) is 23.7. The van der Waals surface area contributed by atoms with E-state index in [0.29, 0.717) is 12.6 Å². The molecule has 0 amide bonds. The predicted octanol–water partition coefficient (Wildman–Crippen LogP) is 3.16. The van der Waals surface area contributed by atoms with Crippen LogP contribution in [0.3, 0.4) is 0 Å². The predicted molar refractivity (Wildman–Crippen MR) is 125 cm³/mol. The summed E-state index contributed by atoms with van der Waals surface area (Å²) >= 11 is 0. The molecule has 1 aliphatic carbocycles. The number of halogens is 1. The minimum atomic E-state index is -3.67. The van der Waals surface area contributed by atoms with Gasteiger partial charge in [0.25, 0.3) is 0 Å². The summed E-state index contributed by atoms with van der Waals surface area (Å²) in [5.74, 6) is 1.71. The van der Waals surface area contributed by atoms with Crippen LogP contribution >= 0.6 is 24.0 Å². The molecule has 3 rings (SSSR count). The van der Waals surface area contributed by atoms with Gasteiger partial charge in [0.15, 0.2) is 5.96 Å². The topological polar surface area (TPSA) is 110 Å². The normalized spacial score (nSPS) is 15.6. The molecule has 9 heteroatoms. The van der Waals surface area contributed by atoms with Crippen LogP contribution in [0.1, 0.15) is 43.4 Å². The number of guanidine groups is 1. The molecule has 1 heterocycles. The van der Waals surface area contributed by atoms with Crippen molar-refractivity contribution in [3.8, 4) is 0 Å². The highest BCUT2D eigenvalue weighted by molar-refractivity contribution is 14.0. The maximum atomic E-state index is 11.4. The quantitative estimate of drug-likeness (QED) is 0.289. The molecule has 0 aliphatic heterocycles. The van der Waals surface area contributed by atoms with Gasteiger partial charge in [0, 0.05) is 19.0 Å². The van der Waals surface area contributed by atoms with Crippen molar-refractivity contribution in [3.63, 3.8) is 0 Å². The van der Waals surface area contributed by atoms with Crippen molar-refractivity contribution < 1.29 is 12.8 Å². The number of hydrogen-bond donors (Lipinski definition) is 3. The lowest BCUT2D eigenvalue weighted by Gasteiger charge is -2.25. The molecule has 0 bridgehead atoms. The Kier molecular flexibility index (Phi) is 9.44. The van der Waals surface area contributed by atoms with Crippen LogP contribution in [0.5, 0.6) is 0 Å². The fourth-order valence-corrected chi connectivity index (χ4v) is 3.82. The largest absolute Gasteiger partial charge is 0.469 e. The summed E-state index contributed by atoms with van der Waals surface area (Å²) in [5.41, 5.74) is 0.920. The first-order valence-corrected chi connectivity index (χ1v) is 11.2. The molecule has 0 atom stereocenters. The monoisotopic (exact) mass is 532 g/mol. The van der Waals surface area contributed by atoms with Gasteiger partial charge < -0.3 is 15.1 Å². The van der Waals surface area contributed by atoms with Gasteiger partial charge >= 0.3 is 0 Å². The molecule has 1 aromatic carbocycles. The van der Waals surface area contributed by atoms with Crippen molar-refractivity contribution in [2.45, 2.75) is 56.0 Å². The van der Waals surface area contributed by atoms with E-state index in [1.165, 1.54) is 31.4 Å². The molecule has 0 unspecified atom stereocenters. The summed E-state index contributed by atoms with van der Waals surface area (Å²) in [7, 11) is -3.67. The van der Waals surface area contributed by atoms with E-state index >= 15 is 0 Å². The van der Waals surface area contributed by atoms with E-state index in [1.54, 1.807) is 18.4 Å². The van der Waals surface area contributed by atoms with Crippen LogP contribution in [0.2, 0.25) is 0 Å². The van der Waals surface area contributed by atoms with Crippen molar-refractivity contribution >= 4 is 40.0 Å². The van der Waals surface area contributed by atoms with Crippen LogP contribution in [0.15, 0.2) is 57.0 Å². The number of nitrogens with two attached hydrogens (primary N) is 1. The Hall–Kier alpha value is -1.59. The van der Waals surface area contributed by atoms with Crippen LogP contribution in [-0.4, -0.2) is 27.0 Å². The summed E-state index contributed by atoms with van der Waals surface area (Å²) in [5, 5.41) is 12.1. The average molecular weight is 532 g/mol. The van der Waals surface area contributed by atoms with Crippen molar-refractivity contribution in [1.29, 1.82) is 0 Å². The van der Waals surface area contributed by atoms with E-state index in [2.05, 4.69) is 15.6 Å². The third-order valence-corrected chi connectivity index (χ3v) is 5.79. The van der Waals surface area contributed by atoms with Gasteiger partial charge in [0.2, 0.25) is 10.0 Å². The molecule has 7 nitrogen and oxygen atoms in total. The van der Waals surface area contributed by atoms with Crippen molar-refractivity contribution in [2.75, 3.05) is 6.54 Å². The Morgan fingerprint density at radius 2 is 1.86 bits per heavy atom. The number of furan rings is 1. The van der Waals surface area contributed by atoms with E-state index < -0.39 is 10.0 Å². The Morgan fingerprint density at radius 1 is 1.14 bits per heavy atom. The molecule has 4 N–H and O–H groups in total. The summed E-state index contributed by atoms with van der Waals surface area (Å²) in [6, 6.07) is 10.8. The molecule has 0 radical (unpaired) electrons. The summed E-state index contributed by atoms with van der Waals surface area (Å²) in [6.45, 7) is 1.17. The minimum absolute atomic E-state index is 0. The molecule has 0 saturated heterocycles. The molecule has 29 heavy (non-hydrogen) atoms. The van der Waals surface area contributed by atoms with E-state index in [1.807, 2.05) is 12.1 Å². The van der Waals surface area contributed by atoms with Gasteiger partial charge in [-0.3, -0.25) is 0 Å². The minimum Gasteiger partial charge on any atom is -0.469 e. The summed E-state index contributed by atoms with van der Waals surface area (Å²) < 4.78 is 28.1. The number of aliphatic imine (C=N–C) groups is 1. The number of hydrogen-bond acceptors (Lipinski definition) is 4. The van der Waals surface area contributed by atoms with Gasteiger partial charge in [-0.05, 0) is 42.7 Å². The molecular weight excluding hydrogens is 503 g/mol. The van der Waals surface area contributed by atoms with E-state index in [0.717, 1.165) is 43.1 Å². The first-order valence-electron chi connectivity index (χ1n) is 9.70. The highest BCUT2D eigenvalue weighted by atomic mass is 127. The molecule has 1 fully saturated rings. The SMILES string of the molecule is I.NS(=O)(=O)c1ccc(CN=C(NCCc2ccco2)NC2CCCCC2)cc1. The third-order valence-electron chi connectivity index (χ3n) is 4.86. The Morgan fingerprint density at radius 3 is 2.48 bits per heavy atom. The standard InChI is InChI=1S/C20H28N4O3S.HI/c21-28(25,26)19-10-8-16(9-11-19)15-23-20(24-17-5-2-1-3-6-17)22-13-12-18-7-4-14-27-18;/h4,7-11,14,17H,1-3,5-6,12-13,15H2,(H2,21,25,26)(H2,22,23,24);1H. The molecule has 160 valence electrons. The lowest BCUT2D eigenvalue weighted by atomic mass is 9.96. The second-order valence-corrected chi connectivity index (χ2v) is 8.65. The van der Waals surface area contributed by atoms with Crippen molar-refractivity contribution in [1.82, 2.24) is 10.6 Å². The van der Waals surface area contributed by atoms with Gasteiger partial charge in [0.1, 0.15) is 5.76 Å².